The Morgan fingerprint density at radius 2 is 1.90 bits per heavy atom. The van der Waals surface area contributed by atoms with Crippen molar-refractivity contribution in [1.29, 1.82) is 0 Å². The molecule has 6 nitrogen and oxygen atoms in total. The molecule has 1 saturated carbocycles. The van der Waals surface area contributed by atoms with Crippen molar-refractivity contribution in [3.8, 4) is 0 Å². The van der Waals surface area contributed by atoms with Crippen molar-refractivity contribution < 1.29 is 36.6 Å². The molecule has 0 spiro atoms. The third-order valence-corrected chi connectivity index (χ3v) is 5.30. The van der Waals surface area contributed by atoms with E-state index < -0.39 is 49.1 Å². The van der Waals surface area contributed by atoms with Gasteiger partial charge in [-0.05, 0) is 37.3 Å². The molecule has 164 valence electrons. The Hall–Kier alpha value is -2.43. The average Bonchev–Trinajstić information content (AvgIpc) is 3.00. The summed E-state index contributed by atoms with van der Waals surface area (Å²) in [4.78, 5) is 26.2. The number of fused-ring (bicyclic) bond motifs is 1. The van der Waals surface area contributed by atoms with Gasteiger partial charge in [-0.25, -0.2) is 13.8 Å². The number of carbonyl (C=O) groups excluding carboxylic acids is 1. The van der Waals surface area contributed by atoms with Crippen molar-refractivity contribution in [3.05, 3.63) is 34.2 Å². The molecule has 1 fully saturated rings. The van der Waals surface area contributed by atoms with Crippen LogP contribution in [0.4, 0.5) is 22.0 Å². The first-order valence-electron chi connectivity index (χ1n) is 9.03. The predicted molar refractivity (Wildman–Crippen MR) is 95.8 cm³/mol. The van der Waals surface area contributed by atoms with Gasteiger partial charge in [-0.3, -0.25) is 14.0 Å². The zero-order valence-corrected chi connectivity index (χ0v) is 16.2. The largest absolute Gasteiger partial charge is 0.480 e. The lowest BCUT2D eigenvalue weighted by molar-refractivity contribution is -0.141. The van der Waals surface area contributed by atoms with Crippen molar-refractivity contribution in [2.75, 3.05) is 6.54 Å². The highest BCUT2D eigenvalue weighted by Crippen LogP contribution is 2.40. The number of carboxylic acid groups (broad SMARTS) is 1. The van der Waals surface area contributed by atoms with Gasteiger partial charge in [-0.1, -0.05) is 11.6 Å². The van der Waals surface area contributed by atoms with Crippen molar-refractivity contribution in [1.82, 2.24) is 14.7 Å². The van der Waals surface area contributed by atoms with Crippen molar-refractivity contribution in [2.45, 2.75) is 44.2 Å². The van der Waals surface area contributed by atoms with E-state index in [4.69, 9.17) is 16.7 Å². The molecule has 2 aromatic rings. The van der Waals surface area contributed by atoms with Crippen LogP contribution in [-0.4, -0.2) is 38.8 Å². The molecule has 0 saturated heterocycles. The van der Waals surface area contributed by atoms with Crippen LogP contribution in [0.3, 0.4) is 0 Å². The number of alkyl halides is 5. The maximum atomic E-state index is 13.6. The SMILES string of the molecule is O=C(O)CNC(=O)c1cc(Cl)n2c(CC3CCC(F)(F)CC3)c(C(F)(F)F)nc2c1. The van der Waals surface area contributed by atoms with Gasteiger partial charge in [0.2, 0.25) is 5.92 Å². The topological polar surface area (TPSA) is 83.7 Å². The molecule has 30 heavy (non-hydrogen) atoms. The Kier molecular flexibility index (Phi) is 5.94. The number of aliphatic carboxylic acids is 1. The number of amides is 1. The summed E-state index contributed by atoms with van der Waals surface area (Å²) in [6.45, 7) is -0.679. The van der Waals surface area contributed by atoms with E-state index in [-0.39, 0.29) is 47.2 Å². The summed E-state index contributed by atoms with van der Waals surface area (Å²) >= 11 is 6.14. The van der Waals surface area contributed by atoms with Gasteiger partial charge in [-0.15, -0.1) is 0 Å². The second kappa shape index (κ2) is 8.01. The van der Waals surface area contributed by atoms with E-state index in [0.29, 0.717) is 0 Å². The van der Waals surface area contributed by atoms with E-state index in [1.54, 1.807) is 0 Å². The summed E-state index contributed by atoms with van der Waals surface area (Å²) in [6.07, 6.45) is -5.59. The maximum absolute atomic E-state index is 13.6. The minimum absolute atomic E-state index is 0.0742. The van der Waals surface area contributed by atoms with Crippen LogP contribution >= 0.6 is 11.6 Å². The molecule has 2 aromatic heterocycles. The van der Waals surface area contributed by atoms with E-state index in [1.807, 2.05) is 0 Å². The van der Waals surface area contributed by atoms with Crippen LogP contribution in [0.2, 0.25) is 5.15 Å². The lowest BCUT2D eigenvalue weighted by atomic mass is 9.83. The first kappa shape index (κ1) is 22.3. The number of nitrogens with one attached hydrogen (secondary N) is 1. The summed E-state index contributed by atoms with van der Waals surface area (Å²) in [7, 11) is 0. The van der Waals surface area contributed by atoms with Gasteiger partial charge in [-0.2, -0.15) is 13.2 Å². The van der Waals surface area contributed by atoms with E-state index in [2.05, 4.69) is 10.3 Å². The van der Waals surface area contributed by atoms with Gasteiger partial charge in [0.1, 0.15) is 17.3 Å². The van der Waals surface area contributed by atoms with Gasteiger partial charge in [0.15, 0.2) is 5.69 Å². The van der Waals surface area contributed by atoms with Crippen LogP contribution in [0.5, 0.6) is 0 Å². The Balaban J connectivity index is 1.99. The van der Waals surface area contributed by atoms with Crippen LogP contribution in [0.1, 0.15) is 47.4 Å². The molecular weight excluding hydrogens is 437 g/mol. The van der Waals surface area contributed by atoms with Crippen molar-refractivity contribution in [3.63, 3.8) is 0 Å². The van der Waals surface area contributed by atoms with Gasteiger partial charge in [0, 0.05) is 18.4 Å². The average molecular weight is 454 g/mol. The van der Waals surface area contributed by atoms with Crippen LogP contribution in [-0.2, 0) is 17.4 Å². The van der Waals surface area contributed by atoms with Crippen molar-refractivity contribution in [2.24, 2.45) is 5.92 Å². The fourth-order valence-electron chi connectivity index (χ4n) is 3.56. The molecule has 0 unspecified atom stereocenters. The van der Waals surface area contributed by atoms with Crippen molar-refractivity contribution >= 4 is 29.1 Å². The maximum Gasteiger partial charge on any atom is 0.435 e. The molecule has 0 bridgehead atoms. The second-order valence-corrected chi connectivity index (χ2v) is 7.63. The first-order valence-corrected chi connectivity index (χ1v) is 9.41. The fourth-order valence-corrected chi connectivity index (χ4v) is 3.87. The highest BCUT2D eigenvalue weighted by molar-refractivity contribution is 6.30. The summed E-state index contributed by atoms with van der Waals surface area (Å²) in [6, 6.07) is 2.17. The lowest BCUT2D eigenvalue weighted by Gasteiger charge is -2.28. The number of imidazole rings is 1. The number of hydrogen-bond donors (Lipinski definition) is 2. The van der Waals surface area contributed by atoms with Crippen LogP contribution in [0, 0.1) is 5.92 Å². The Labute approximate surface area is 172 Å². The van der Waals surface area contributed by atoms with Gasteiger partial charge < -0.3 is 10.4 Å². The van der Waals surface area contributed by atoms with E-state index in [1.165, 1.54) is 0 Å². The lowest BCUT2D eigenvalue weighted by Crippen LogP contribution is -2.29. The zero-order valence-electron chi connectivity index (χ0n) is 15.4. The molecule has 0 aromatic carbocycles. The Bertz CT molecular complexity index is 980. The minimum atomic E-state index is -4.81. The molecule has 0 aliphatic heterocycles. The summed E-state index contributed by atoms with van der Waals surface area (Å²) in [5, 5.41) is 10.5. The summed E-state index contributed by atoms with van der Waals surface area (Å²) in [5.74, 6) is -5.33. The number of nitrogens with zero attached hydrogens (tertiary/aromatic N) is 2. The summed E-state index contributed by atoms with van der Waals surface area (Å²) < 4.78 is 68.6. The smallest absolute Gasteiger partial charge is 0.435 e. The number of aromatic nitrogens is 2. The molecule has 1 aliphatic carbocycles. The third-order valence-electron chi connectivity index (χ3n) is 5.02. The van der Waals surface area contributed by atoms with Crippen LogP contribution in [0.25, 0.3) is 5.65 Å². The quantitative estimate of drug-likeness (QED) is 0.525. The molecule has 2 N–H and O–H groups in total. The monoisotopic (exact) mass is 453 g/mol. The standard InChI is InChI=1S/C18H17ClF5N3O3/c19-12-6-10(16(30)25-8-14(28)29)7-13-26-15(18(22,23)24)11(27(12)13)5-9-1-3-17(20,21)4-2-9/h6-7,9H,1-5,8H2,(H,25,30)(H,28,29). The van der Waals surface area contributed by atoms with E-state index >= 15 is 0 Å². The normalized spacial score (nSPS) is 17.3. The molecule has 1 amide bonds. The van der Waals surface area contributed by atoms with Gasteiger partial charge in [0.05, 0.1) is 5.69 Å². The molecular formula is C18H17ClF5N3O3. The predicted octanol–water partition coefficient (Wildman–Crippen LogP) is 4.19. The van der Waals surface area contributed by atoms with Gasteiger partial charge in [0.25, 0.3) is 5.91 Å². The number of rotatable bonds is 5. The number of carbonyl (C=O) groups is 2. The third kappa shape index (κ3) is 4.82. The Morgan fingerprint density at radius 1 is 1.27 bits per heavy atom. The minimum Gasteiger partial charge on any atom is -0.480 e. The molecule has 12 heteroatoms. The zero-order chi connectivity index (χ0) is 22.3. The number of carboxylic acids is 1. The van der Waals surface area contributed by atoms with Gasteiger partial charge >= 0.3 is 12.1 Å². The van der Waals surface area contributed by atoms with E-state index in [0.717, 1.165) is 16.5 Å². The number of hydrogen-bond acceptors (Lipinski definition) is 3. The first-order chi connectivity index (χ1) is 13.9. The van der Waals surface area contributed by atoms with Crippen LogP contribution in [0.15, 0.2) is 12.1 Å². The molecule has 0 atom stereocenters. The highest BCUT2D eigenvalue weighted by Gasteiger charge is 2.40. The second-order valence-electron chi connectivity index (χ2n) is 7.25. The number of halogens is 6. The molecule has 0 radical (unpaired) electrons. The molecule has 2 heterocycles. The molecule has 3 rings (SSSR count). The highest BCUT2D eigenvalue weighted by atomic mass is 35.5. The molecule has 1 aliphatic rings. The number of pyridine rings is 1. The Morgan fingerprint density at radius 3 is 2.47 bits per heavy atom. The van der Waals surface area contributed by atoms with E-state index in [9.17, 15) is 31.5 Å². The van der Waals surface area contributed by atoms with Crippen LogP contribution < -0.4 is 5.32 Å². The summed E-state index contributed by atoms with van der Waals surface area (Å²) in [5.41, 5.74) is -1.84. The fraction of sp³-hybridized carbons (Fsp3) is 0.500.